The average Bonchev–Trinajstić information content (AvgIpc) is 3.63. The Morgan fingerprint density at radius 3 is 1.80 bits per heavy atom. The van der Waals surface area contributed by atoms with Gasteiger partial charge >= 0.3 is 0 Å². The topological polar surface area (TPSA) is 50.9 Å². The van der Waals surface area contributed by atoms with E-state index in [0.717, 1.165) is 21.3 Å². The fourth-order valence-corrected chi connectivity index (χ4v) is 14.7. The molecule has 0 amide bonds. The van der Waals surface area contributed by atoms with Crippen LogP contribution in [0.4, 0.5) is 0 Å². The van der Waals surface area contributed by atoms with Crippen LogP contribution in [-0.2, 0) is 0 Å². The molecule has 9 rings (SSSR count). The standard InChI is InChI=1S/C24H11N3OS7/c1-7-25-23-21(29-7)13-11(27(23)9-3-5-10(28)6-4-9)12-14(32-13)15-16(31-12)17-18(33-15)19-20(34-17)22-24(35-19)26-8(2)30-22/h3-6,28H,1-2H3. The summed E-state index contributed by atoms with van der Waals surface area (Å²) in [6, 6.07) is 7.48. The molecule has 170 valence electrons. The highest BCUT2D eigenvalue weighted by molar-refractivity contribution is 7.51. The predicted molar refractivity (Wildman–Crippen MR) is 160 cm³/mol. The number of aromatic nitrogens is 3. The van der Waals surface area contributed by atoms with E-state index in [1.165, 1.54) is 62.0 Å². The molecule has 9 aromatic rings. The lowest BCUT2D eigenvalue weighted by molar-refractivity contribution is 0.475. The summed E-state index contributed by atoms with van der Waals surface area (Å²) in [5.41, 5.74) is 3.31. The van der Waals surface area contributed by atoms with Crippen LogP contribution in [0.1, 0.15) is 10.0 Å². The molecule has 0 atom stereocenters. The van der Waals surface area contributed by atoms with Gasteiger partial charge in [-0.1, -0.05) is 0 Å². The monoisotopic (exact) mass is 581 g/mol. The van der Waals surface area contributed by atoms with Crippen molar-refractivity contribution in [3.8, 4) is 11.4 Å². The SMILES string of the molecule is Cc1nc2sc3c(sc4c3sc3c4sc4c3sc3c5sc(C)nc5n(-c5ccc(O)cc5)c43)c2s1. The summed E-state index contributed by atoms with van der Waals surface area (Å²) in [6.45, 7) is 4.17. The number of hydrogen-bond donors (Lipinski definition) is 1. The van der Waals surface area contributed by atoms with Gasteiger partial charge in [0.25, 0.3) is 0 Å². The zero-order valence-electron chi connectivity index (χ0n) is 18.0. The van der Waals surface area contributed by atoms with Crippen molar-refractivity contribution in [2.75, 3.05) is 0 Å². The van der Waals surface area contributed by atoms with Crippen molar-refractivity contribution in [2.45, 2.75) is 13.8 Å². The third kappa shape index (κ3) is 2.45. The Morgan fingerprint density at radius 2 is 1.09 bits per heavy atom. The maximum Gasteiger partial charge on any atom is 0.157 e. The highest BCUT2D eigenvalue weighted by atomic mass is 32.1. The molecule has 0 saturated heterocycles. The highest BCUT2D eigenvalue weighted by Crippen LogP contribution is 2.57. The first kappa shape index (κ1) is 20.0. The number of aryl methyl sites for hydroxylation is 2. The number of benzene rings is 1. The van der Waals surface area contributed by atoms with Crippen LogP contribution < -0.4 is 0 Å². The van der Waals surface area contributed by atoms with E-state index in [9.17, 15) is 5.11 Å². The first-order valence-electron chi connectivity index (χ1n) is 10.7. The van der Waals surface area contributed by atoms with Gasteiger partial charge in [-0.25, -0.2) is 9.97 Å². The molecule has 11 heteroatoms. The number of hydrogen-bond acceptors (Lipinski definition) is 10. The number of nitrogens with zero attached hydrogens (tertiary/aromatic N) is 3. The second kappa shape index (κ2) is 6.60. The van der Waals surface area contributed by atoms with Gasteiger partial charge in [0.2, 0.25) is 0 Å². The molecule has 1 N–H and O–H groups in total. The van der Waals surface area contributed by atoms with E-state index in [0.29, 0.717) is 0 Å². The van der Waals surface area contributed by atoms with Gasteiger partial charge in [0.05, 0.1) is 67.2 Å². The molecule has 8 heterocycles. The summed E-state index contributed by atoms with van der Waals surface area (Å²) in [5.74, 6) is 0.278. The van der Waals surface area contributed by atoms with E-state index in [1.54, 1.807) is 23.5 Å². The van der Waals surface area contributed by atoms with E-state index >= 15 is 0 Å². The molecule has 0 bridgehead atoms. The minimum absolute atomic E-state index is 0.278. The second-order valence-electron chi connectivity index (χ2n) is 8.43. The van der Waals surface area contributed by atoms with E-state index in [1.807, 2.05) is 80.2 Å². The number of rotatable bonds is 1. The van der Waals surface area contributed by atoms with Crippen LogP contribution in [0.25, 0.3) is 73.4 Å². The highest BCUT2D eigenvalue weighted by Gasteiger charge is 2.26. The first-order chi connectivity index (χ1) is 17.0. The number of phenols is 1. The summed E-state index contributed by atoms with van der Waals surface area (Å²) in [4.78, 5) is 10.8. The van der Waals surface area contributed by atoms with E-state index in [2.05, 4.69) is 18.4 Å². The first-order valence-corrected chi connectivity index (χ1v) is 16.4. The molecule has 1 aromatic carbocycles. The second-order valence-corrected chi connectivity index (χ2v) is 15.9. The van der Waals surface area contributed by atoms with E-state index in [4.69, 9.17) is 9.97 Å². The molecule has 0 radical (unpaired) electrons. The summed E-state index contributed by atoms with van der Waals surface area (Å²) in [6.07, 6.45) is 0. The Bertz CT molecular complexity index is 2310. The van der Waals surface area contributed by atoms with Gasteiger partial charge in [0, 0.05) is 5.69 Å². The molecule has 35 heavy (non-hydrogen) atoms. The molecule has 0 aliphatic heterocycles. The number of aromatic hydroxyl groups is 1. The summed E-state index contributed by atoms with van der Waals surface area (Å²) in [7, 11) is 0. The third-order valence-electron chi connectivity index (χ3n) is 6.26. The quantitative estimate of drug-likeness (QED) is 0.210. The van der Waals surface area contributed by atoms with Crippen LogP contribution in [0, 0.1) is 13.8 Å². The maximum atomic E-state index is 9.88. The molecule has 8 aromatic heterocycles. The smallest absolute Gasteiger partial charge is 0.157 e. The Balaban J connectivity index is 1.42. The molecule has 0 saturated carbocycles. The minimum Gasteiger partial charge on any atom is -0.508 e. The van der Waals surface area contributed by atoms with Gasteiger partial charge < -0.3 is 5.11 Å². The predicted octanol–water partition coefficient (Wildman–Crippen LogP) is 10.1. The number of thiophene rings is 5. The Labute approximate surface area is 224 Å². The van der Waals surface area contributed by atoms with Crippen molar-refractivity contribution in [2.24, 2.45) is 0 Å². The zero-order valence-corrected chi connectivity index (χ0v) is 23.7. The number of thiazole rings is 2. The molecular formula is C24H11N3OS7. The van der Waals surface area contributed by atoms with Gasteiger partial charge in [-0.3, -0.25) is 4.57 Å². The van der Waals surface area contributed by atoms with Crippen molar-refractivity contribution in [1.29, 1.82) is 0 Å². The Morgan fingerprint density at radius 1 is 0.571 bits per heavy atom. The number of phenolic OH excluding ortho intramolecular Hbond substituents is 1. The van der Waals surface area contributed by atoms with E-state index in [-0.39, 0.29) is 5.75 Å². The summed E-state index contributed by atoms with van der Waals surface area (Å²) in [5, 5.41) is 12.1. The molecular weight excluding hydrogens is 571 g/mol. The van der Waals surface area contributed by atoms with Gasteiger partial charge in [-0.2, -0.15) is 0 Å². The van der Waals surface area contributed by atoms with Crippen LogP contribution in [0.5, 0.6) is 5.75 Å². The molecule has 0 aliphatic rings. The van der Waals surface area contributed by atoms with Crippen molar-refractivity contribution >= 4 is 147 Å². The van der Waals surface area contributed by atoms with Gasteiger partial charge in [0.1, 0.15) is 10.6 Å². The lowest BCUT2D eigenvalue weighted by Crippen LogP contribution is -1.93. The Kier molecular flexibility index (Phi) is 3.77. The third-order valence-corrected chi connectivity index (χ3v) is 15.5. The fraction of sp³-hybridized carbons (Fsp3) is 0.0833. The van der Waals surface area contributed by atoms with E-state index < -0.39 is 0 Å². The maximum absolute atomic E-state index is 9.88. The zero-order chi connectivity index (χ0) is 23.2. The van der Waals surface area contributed by atoms with Crippen LogP contribution >= 0.6 is 79.4 Å². The van der Waals surface area contributed by atoms with Crippen LogP contribution in [0.2, 0.25) is 0 Å². The number of fused-ring (bicyclic) bond motifs is 13. The minimum atomic E-state index is 0.278. The van der Waals surface area contributed by atoms with Gasteiger partial charge in [-0.15, -0.1) is 79.4 Å². The Hall–Kier alpha value is -2.12. The van der Waals surface area contributed by atoms with Crippen LogP contribution in [0.15, 0.2) is 24.3 Å². The largest absolute Gasteiger partial charge is 0.508 e. The van der Waals surface area contributed by atoms with Gasteiger partial charge in [0.15, 0.2) is 5.65 Å². The lowest BCUT2D eigenvalue weighted by Gasteiger charge is -2.05. The lowest BCUT2D eigenvalue weighted by atomic mass is 10.3. The van der Waals surface area contributed by atoms with Gasteiger partial charge in [-0.05, 0) is 38.1 Å². The van der Waals surface area contributed by atoms with Crippen molar-refractivity contribution in [1.82, 2.24) is 14.5 Å². The molecule has 4 nitrogen and oxygen atoms in total. The van der Waals surface area contributed by atoms with Crippen molar-refractivity contribution in [3.63, 3.8) is 0 Å². The normalized spacial score (nSPS) is 13.0. The molecule has 0 spiro atoms. The average molecular weight is 582 g/mol. The van der Waals surface area contributed by atoms with Crippen molar-refractivity contribution in [3.05, 3.63) is 34.3 Å². The molecule has 0 unspecified atom stereocenters. The van der Waals surface area contributed by atoms with Crippen molar-refractivity contribution < 1.29 is 5.11 Å². The molecule has 0 aliphatic carbocycles. The van der Waals surface area contributed by atoms with Crippen LogP contribution in [0.3, 0.4) is 0 Å². The van der Waals surface area contributed by atoms with Crippen LogP contribution in [-0.4, -0.2) is 19.6 Å². The molecule has 0 fully saturated rings. The summed E-state index contributed by atoms with van der Waals surface area (Å²) >= 11 is 13.2. The summed E-state index contributed by atoms with van der Waals surface area (Å²) < 4.78 is 17.5. The fourth-order valence-electron chi connectivity index (χ4n) is 4.88.